The van der Waals surface area contributed by atoms with Crippen LogP contribution in [0.3, 0.4) is 0 Å². The van der Waals surface area contributed by atoms with Crippen LogP contribution in [0.4, 0.5) is 5.82 Å². The third-order valence-electron chi connectivity index (χ3n) is 5.37. The fourth-order valence-electron chi connectivity index (χ4n) is 3.88. The number of anilines is 1. The molecule has 25 heavy (non-hydrogen) atoms. The number of rotatable bonds is 5. The van der Waals surface area contributed by atoms with E-state index in [0.29, 0.717) is 18.3 Å². The van der Waals surface area contributed by atoms with Crippen molar-refractivity contribution < 1.29 is 4.74 Å². The van der Waals surface area contributed by atoms with Crippen LogP contribution in [0.25, 0.3) is 0 Å². The van der Waals surface area contributed by atoms with E-state index in [9.17, 15) is 14.9 Å². The molecule has 1 N–H and O–H groups in total. The van der Waals surface area contributed by atoms with Crippen LogP contribution in [0.1, 0.15) is 24.8 Å². The predicted octanol–water partition coefficient (Wildman–Crippen LogP) is -0.132. The van der Waals surface area contributed by atoms with Crippen molar-refractivity contribution in [1.82, 2.24) is 14.0 Å². The van der Waals surface area contributed by atoms with Gasteiger partial charge >= 0.3 is 5.69 Å². The van der Waals surface area contributed by atoms with Crippen LogP contribution < -0.4 is 16.6 Å². The molecular formula is C17H25N5O3. The molecular weight excluding hydrogens is 322 g/mol. The van der Waals surface area contributed by atoms with Gasteiger partial charge in [-0.2, -0.15) is 5.26 Å². The van der Waals surface area contributed by atoms with Crippen molar-refractivity contribution in [3.8, 4) is 6.07 Å². The van der Waals surface area contributed by atoms with Crippen LogP contribution in [0.2, 0.25) is 0 Å². The summed E-state index contributed by atoms with van der Waals surface area (Å²) in [4.78, 5) is 26.8. The lowest BCUT2D eigenvalue weighted by Crippen LogP contribution is -2.45. The minimum atomic E-state index is -0.560. The molecule has 1 aromatic rings. The highest BCUT2D eigenvalue weighted by molar-refractivity contribution is 5.51. The van der Waals surface area contributed by atoms with E-state index in [0.717, 1.165) is 37.3 Å². The Hall–Kier alpha value is -2.11. The fraction of sp³-hybridized carbons (Fsp3) is 0.706. The topological polar surface area (TPSA) is 92.3 Å². The molecule has 136 valence electrons. The summed E-state index contributed by atoms with van der Waals surface area (Å²) in [5.74, 6) is 0.735. The van der Waals surface area contributed by atoms with Crippen molar-refractivity contribution in [2.24, 2.45) is 20.0 Å². The van der Waals surface area contributed by atoms with Crippen molar-refractivity contribution in [3.05, 3.63) is 26.4 Å². The lowest BCUT2D eigenvalue weighted by molar-refractivity contribution is 0.141. The Kier molecular flexibility index (Phi) is 5.25. The molecule has 2 saturated heterocycles. The molecule has 8 nitrogen and oxygen atoms in total. The van der Waals surface area contributed by atoms with Gasteiger partial charge in [0, 0.05) is 39.2 Å². The van der Waals surface area contributed by atoms with Crippen molar-refractivity contribution >= 4 is 5.82 Å². The predicted molar refractivity (Wildman–Crippen MR) is 93.6 cm³/mol. The smallest absolute Gasteiger partial charge is 0.332 e. The number of aromatic nitrogens is 2. The number of likely N-dealkylation sites (tertiary alicyclic amines) is 1. The maximum absolute atomic E-state index is 12.2. The molecule has 2 fully saturated rings. The van der Waals surface area contributed by atoms with Crippen molar-refractivity contribution in [2.75, 3.05) is 38.2 Å². The monoisotopic (exact) mass is 347 g/mol. The molecule has 3 heterocycles. The van der Waals surface area contributed by atoms with Gasteiger partial charge in [-0.1, -0.05) is 0 Å². The third-order valence-corrected chi connectivity index (χ3v) is 5.37. The molecule has 1 aromatic heterocycles. The van der Waals surface area contributed by atoms with E-state index in [1.807, 2.05) is 6.07 Å². The SMILES string of the molecule is Cn1c(NC[C@@H]([C@H]2CCOC2)N2CCCC2)c(C#N)c(=O)n(C)c1=O. The lowest BCUT2D eigenvalue weighted by Gasteiger charge is -2.32. The molecule has 0 bridgehead atoms. The number of hydrogen-bond donors (Lipinski definition) is 1. The molecule has 0 radical (unpaired) electrons. The largest absolute Gasteiger partial charge is 0.381 e. The molecule has 8 heteroatoms. The summed E-state index contributed by atoms with van der Waals surface area (Å²) in [5.41, 5.74) is -1.02. The fourth-order valence-corrected chi connectivity index (χ4v) is 3.88. The Morgan fingerprint density at radius 3 is 2.60 bits per heavy atom. The molecule has 0 saturated carbocycles. The maximum Gasteiger partial charge on any atom is 0.332 e. The van der Waals surface area contributed by atoms with Gasteiger partial charge in [0.15, 0.2) is 5.56 Å². The third kappa shape index (κ3) is 3.34. The lowest BCUT2D eigenvalue weighted by atomic mass is 9.97. The summed E-state index contributed by atoms with van der Waals surface area (Å²) in [6.07, 6.45) is 3.40. The summed E-state index contributed by atoms with van der Waals surface area (Å²) in [6.45, 7) is 4.22. The first-order chi connectivity index (χ1) is 12.0. The first kappa shape index (κ1) is 17.7. The number of hydrogen-bond acceptors (Lipinski definition) is 6. The summed E-state index contributed by atoms with van der Waals surface area (Å²) < 4.78 is 7.86. The Morgan fingerprint density at radius 2 is 2.00 bits per heavy atom. The highest BCUT2D eigenvalue weighted by Crippen LogP contribution is 2.25. The standard InChI is InChI=1S/C17H25N5O3/c1-20-15(13(9-18)16(23)21(2)17(20)24)19-10-14(12-5-8-25-11-12)22-6-3-4-7-22/h12,14,19H,3-8,10-11H2,1-2H3/t12-,14-/m0/s1. The minimum absolute atomic E-state index is 0.0209. The minimum Gasteiger partial charge on any atom is -0.381 e. The second kappa shape index (κ2) is 7.42. The zero-order valence-electron chi connectivity index (χ0n) is 14.8. The van der Waals surface area contributed by atoms with Gasteiger partial charge in [-0.05, 0) is 32.4 Å². The molecule has 3 rings (SSSR count). The van der Waals surface area contributed by atoms with Crippen LogP contribution in [-0.2, 0) is 18.8 Å². The van der Waals surface area contributed by atoms with Crippen LogP contribution >= 0.6 is 0 Å². The molecule has 0 spiro atoms. The average Bonchev–Trinajstić information content (AvgIpc) is 3.32. The van der Waals surface area contributed by atoms with E-state index < -0.39 is 11.2 Å². The molecule has 0 aromatic carbocycles. The van der Waals surface area contributed by atoms with Gasteiger partial charge in [0.25, 0.3) is 5.56 Å². The number of nitrogens with zero attached hydrogens (tertiary/aromatic N) is 4. The second-order valence-corrected chi connectivity index (χ2v) is 6.86. The normalized spacial score (nSPS) is 22.0. The zero-order valence-corrected chi connectivity index (χ0v) is 14.8. The van der Waals surface area contributed by atoms with E-state index in [2.05, 4.69) is 10.2 Å². The molecule has 0 aliphatic carbocycles. The van der Waals surface area contributed by atoms with Crippen LogP contribution in [0.5, 0.6) is 0 Å². The van der Waals surface area contributed by atoms with Gasteiger partial charge < -0.3 is 10.1 Å². The Labute approximate surface area is 146 Å². The van der Waals surface area contributed by atoms with Crippen molar-refractivity contribution in [1.29, 1.82) is 5.26 Å². The Bertz CT molecular complexity index is 763. The highest BCUT2D eigenvalue weighted by atomic mass is 16.5. The number of nitrogens with one attached hydrogen (secondary N) is 1. The van der Waals surface area contributed by atoms with Gasteiger partial charge in [0.2, 0.25) is 0 Å². The van der Waals surface area contributed by atoms with Gasteiger partial charge in [0.1, 0.15) is 11.9 Å². The van der Waals surface area contributed by atoms with E-state index in [-0.39, 0.29) is 11.6 Å². The zero-order chi connectivity index (χ0) is 18.0. The number of ether oxygens (including phenoxy) is 1. The molecule has 0 unspecified atom stereocenters. The summed E-state index contributed by atoms with van der Waals surface area (Å²) in [5, 5.41) is 12.6. The van der Waals surface area contributed by atoms with Crippen molar-refractivity contribution in [3.63, 3.8) is 0 Å². The average molecular weight is 347 g/mol. The molecule has 2 aliphatic heterocycles. The van der Waals surface area contributed by atoms with Gasteiger partial charge in [0.05, 0.1) is 6.61 Å². The Balaban J connectivity index is 1.87. The Morgan fingerprint density at radius 1 is 1.28 bits per heavy atom. The first-order valence-corrected chi connectivity index (χ1v) is 8.80. The number of nitriles is 1. The van der Waals surface area contributed by atoms with E-state index in [1.165, 1.54) is 24.5 Å². The van der Waals surface area contributed by atoms with E-state index in [1.54, 1.807) is 7.05 Å². The van der Waals surface area contributed by atoms with Gasteiger partial charge in [-0.3, -0.25) is 18.8 Å². The summed E-state index contributed by atoms with van der Waals surface area (Å²) in [6, 6.07) is 2.22. The first-order valence-electron chi connectivity index (χ1n) is 8.80. The van der Waals surface area contributed by atoms with Crippen LogP contribution in [-0.4, -0.2) is 52.9 Å². The quantitative estimate of drug-likeness (QED) is 0.798. The highest BCUT2D eigenvalue weighted by Gasteiger charge is 2.32. The second-order valence-electron chi connectivity index (χ2n) is 6.86. The van der Waals surface area contributed by atoms with Crippen LogP contribution in [0, 0.1) is 17.2 Å². The molecule has 0 amide bonds. The van der Waals surface area contributed by atoms with Crippen LogP contribution in [0.15, 0.2) is 9.59 Å². The van der Waals surface area contributed by atoms with Crippen molar-refractivity contribution in [2.45, 2.75) is 25.3 Å². The molecule has 2 atom stereocenters. The summed E-state index contributed by atoms with van der Waals surface area (Å²) in [7, 11) is 2.96. The van der Waals surface area contributed by atoms with E-state index in [4.69, 9.17) is 4.74 Å². The molecule has 2 aliphatic rings. The summed E-state index contributed by atoms with van der Waals surface area (Å²) >= 11 is 0. The van der Waals surface area contributed by atoms with E-state index >= 15 is 0 Å². The maximum atomic E-state index is 12.2. The van der Waals surface area contributed by atoms with Gasteiger partial charge in [-0.15, -0.1) is 0 Å². The van der Waals surface area contributed by atoms with Gasteiger partial charge in [-0.25, -0.2) is 4.79 Å².